The average molecular weight is 332 g/mol. The van der Waals surface area contributed by atoms with Gasteiger partial charge in [0, 0.05) is 25.1 Å². The van der Waals surface area contributed by atoms with Gasteiger partial charge < -0.3 is 14.8 Å². The van der Waals surface area contributed by atoms with Gasteiger partial charge in [-0.1, -0.05) is 6.07 Å². The predicted molar refractivity (Wildman–Crippen MR) is 86.9 cm³/mol. The molecule has 4 rings (SSSR count). The normalized spacial score (nSPS) is 33.8. The van der Waals surface area contributed by atoms with E-state index < -0.39 is 6.09 Å². The Labute approximate surface area is 141 Å². The summed E-state index contributed by atoms with van der Waals surface area (Å²) in [5, 5.41) is 2.75. The zero-order chi connectivity index (χ0) is 16.4. The molecule has 0 spiro atoms. The molecule has 0 radical (unpaired) electrons. The van der Waals surface area contributed by atoms with Crippen LogP contribution in [0.1, 0.15) is 43.1 Å². The molecule has 3 N–H and O–H groups in total. The van der Waals surface area contributed by atoms with Gasteiger partial charge in [-0.2, -0.15) is 0 Å². The Morgan fingerprint density at radius 1 is 1.21 bits per heavy atom. The van der Waals surface area contributed by atoms with Crippen molar-refractivity contribution in [2.75, 3.05) is 13.2 Å². The molecule has 1 saturated heterocycles. The number of nitrogens with one attached hydrogen (secondary N) is 3. The number of alkyl carbamates (subject to hydrolysis) is 1. The van der Waals surface area contributed by atoms with E-state index in [2.05, 4.69) is 16.2 Å². The summed E-state index contributed by atoms with van der Waals surface area (Å²) >= 11 is 0. The van der Waals surface area contributed by atoms with Gasteiger partial charge in [-0.25, -0.2) is 10.2 Å². The van der Waals surface area contributed by atoms with Crippen molar-refractivity contribution in [3.05, 3.63) is 29.6 Å². The minimum atomic E-state index is -0.406. The van der Waals surface area contributed by atoms with Gasteiger partial charge >= 0.3 is 6.09 Å². The second-order valence-corrected chi connectivity index (χ2v) is 6.75. The molecule has 1 amide bonds. The van der Waals surface area contributed by atoms with Crippen molar-refractivity contribution >= 4 is 6.09 Å². The van der Waals surface area contributed by atoms with Crippen LogP contribution < -0.4 is 16.2 Å². The van der Waals surface area contributed by atoms with E-state index in [1.807, 2.05) is 18.2 Å². The highest BCUT2D eigenvalue weighted by atomic mass is 16.5. The van der Waals surface area contributed by atoms with Crippen molar-refractivity contribution in [3.8, 4) is 0 Å². The lowest BCUT2D eigenvalue weighted by atomic mass is 9.79. The number of amides is 1. The third-order valence-corrected chi connectivity index (χ3v) is 5.15. The Hall–Kier alpha value is -1.70. The van der Waals surface area contributed by atoms with Crippen LogP contribution in [0.4, 0.5) is 4.79 Å². The van der Waals surface area contributed by atoms with E-state index >= 15 is 0 Å². The van der Waals surface area contributed by atoms with Crippen molar-refractivity contribution in [2.24, 2.45) is 5.92 Å². The Morgan fingerprint density at radius 3 is 3.12 bits per heavy atom. The van der Waals surface area contributed by atoms with Crippen molar-refractivity contribution in [2.45, 2.75) is 50.5 Å². The van der Waals surface area contributed by atoms with E-state index in [0.29, 0.717) is 25.1 Å². The number of rotatable bonds is 0. The number of cyclic esters (lactones) is 1. The maximum Gasteiger partial charge on any atom is 0.407 e. The van der Waals surface area contributed by atoms with Gasteiger partial charge in [-0.05, 0) is 37.8 Å². The number of pyridine rings is 1. The number of fused-ring (bicyclic) bond motifs is 4. The van der Waals surface area contributed by atoms with Gasteiger partial charge in [0.1, 0.15) is 6.61 Å². The highest BCUT2D eigenvalue weighted by Gasteiger charge is 2.41. The number of carbonyl (C=O) groups excluding carboxylic acids is 1. The van der Waals surface area contributed by atoms with Gasteiger partial charge in [0.2, 0.25) is 0 Å². The maximum absolute atomic E-state index is 11.7. The lowest BCUT2D eigenvalue weighted by Crippen LogP contribution is -2.37. The number of nitrogens with zero attached hydrogens (tertiary/aromatic N) is 1. The Balaban J connectivity index is 1.57. The Morgan fingerprint density at radius 2 is 2.17 bits per heavy atom. The van der Waals surface area contributed by atoms with E-state index in [-0.39, 0.29) is 18.8 Å². The van der Waals surface area contributed by atoms with Gasteiger partial charge in [0.25, 0.3) is 0 Å². The summed E-state index contributed by atoms with van der Waals surface area (Å²) in [4.78, 5) is 16.4. The van der Waals surface area contributed by atoms with E-state index in [9.17, 15) is 4.79 Å². The number of ether oxygens (including phenoxy) is 2. The fourth-order valence-corrected chi connectivity index (χ4v) is 3.92. The summed E-state index contributed by atoms with van der Waals surface area (Å²) in [5.74, 6) is 0.470. The topological polar surface area (TPSA) is 84.5 Å². The first kappa shape index (κ1) is 15.8. The van der Waals surface area contributed by atoms with Crippen LogP contribution in [-0.4, -0.2) is 36.4 Å². The van der Waals surface area contributed by atoms with Crippen LogP contribution in [0.3, 0.4) is 0 Å². The number of hydrogen-bond acceptors (Lipinski definition) is 6. The summed E-state index contributed by atoms with van der Waals surface area (Å²) in [6.45, 7) is 1.42. The first-order valence-electron chi connectivity index (χ1n) is 8.79. The van der Waals surface area contributed by atoms with Crippen LogP contribution in [0.2, 0.25) is 0 Å². The van der Waals surface area contributed by atoms with Crippen molar-refractivity contribution < 1.29 is 14.3 Å². The van der Waals surface area contributed by atoms with Crippen LogP contribution >= 0.6 is 0 Å². The Kier molecular flexibility index (Phi) is 4.64. The van der Waals surface area contributed by atoms with Crippen molar-refractivity contribution in [3.63, 3.8) is 0 Å². The highest BCUT2D eigenvalue weighted by molar-refractivity contribution is 5.67. The van der Waals surface area contributed by atoms with Gasteiger partial charge in [-0.3, -0.25) is 10.4 Å². The van der Waals surface area contributed by atoms with Crippen LogP contribution in [-0.2, 0) is 16.1 Å². The Bertz CT molecular complexity index is 597. The van der Waals surface area contributed by atoms with Crippen LogP contribution in [0, 0.1) is 5.92 Å². The predicted octanol–water partition coefficient (Wildman–Crippen LogP) is 1.41. The molecule has 7 nitrogen and oxygen atoms in total. The molecule has 3 heterocycles. The third-order valence-electron chi connectivity index (χ3n) is 5.15. The standard InChI is InChI=1S/C17H24N4O3/c22-17-18-7-2-8-23-12-5-6-14-13(9-12)16(21-20-14)15-4-1-3-11(19-15)10-24-17/h1,3-4,12-14,16,20-21H,2,5-10H2,(H,18,22). The molecular formula is C17H24N4O3. The van der Waals surface area contributed by atoms with Gasteiger partial charge in [-0.15, -0.1) is 0 Å². The fourth-order valence-electron chi connectivity index (χ4n) is 3.92. The minimum absolute atomic E-state index is 0.167. The van der Waals surface area contributed by atoms with Crippen LogP contribution in [0.15, 0.2) is 18.2 Å². The maximum atomic E-state index is 11.7. The van der Waals surface area contributed by atoms with Crippen molar-refractivity contribution in [1.29, 1.82) is 0 Å². The van der Waals surface area contributed by atoms with E-state index in [0.717, 1.165) is 37.1 Å². The van der Waals surface area contributed by atoms with E-state index in [1.54, 1.807) is 0 Å². The average Bonchev–Trinajstić information content (AvgIpc) is 3.02. The summed E-state index contributed by atoms with van der Waals surface area (Å²) in [5.41, 5.74) is 8.59. The summed E-state index contributed by atoms with van der Waals surface area (Å²) in [7, 11) is 0. The monoisotopic (exact) mass is 332 g/mol. The summed E-state index contributed by atoms with van der Waals surface area (Å²) < 4.78 is 11.3. The second-order valence-electron chi connectivity index (χ2n) is 6.75. The molecule has 1 aromatic rings. The fraction of sp³-hybridized carbons (Fsp3) is 0.647. The molecule has 4 atom stereocenters. The molecular weight excluding hydrogens is 308 g/mol. The number of hydrogen-bond donors (Lipinski definition) is 3. The largest absolute Gasteiger partial charge is 0.443 e. The van der Waals surface area contributed by atoms with Crippen LogP contribution in [0.5, 0.6) is 0 Å². The molecule has 2 fully saturated rings. The molecule has 130 valence electrons. The van der Waals surface area contributed by atoms with E-state index in [1.165, 1.54) is 0 Å². The minimum Gasteiger partial charge on any atom is -0.443 e. The highest BCUT2D eigenvalue weighted by Crippen LogP contribution is 2.38. The van der Waals surface area contributed by atoms with Crippen molar-refractivity contribution in [1.82, 2.24) is 21.2 Å². The molecule has 4 bridgehead atoms. The van der Waals surface area contributed by atoms with Gasteiger partial charge in [0.15, 0.2) is 0 Å². The molecule has 0 aromatic carbocycles. The first-order valence-corrected chi connectivity index (χ1v) is 8.79. The van der Waals surface area contributed by atoms with E-state index in [4.69, 9.17) is 14.5 Å². The smallest absolute Gasteiger partial charge is 0.407 e. The number of aromatic nitrogens is 1. The van der Waals surface area contributed by atoms with Crippen LogP contribution in [0.25, 0.3) is 0 Å². The lowest BCUT2D eigenvalue weighted by Gasteiger charge is -2.33. The molecule has 24 heavy (non-hydrogen) atoms. The van der Waals surface area contributed by atoms with Gasteiger partial charge in [0.05, 0.1) is 23.5 Å². The first-order chi connectivity index (χ1) is 11.8. The summed E-state index contributed by atoms with van der Waals surface area (Å²) in [6.07, 6.45) is 3.90. The number of hydrazine groups is 1. The lowest BCUT2D eigenvalue weighted by molar-refractivity contribution is 0.00704. The SMILES string of the molecule is O=C1NCCCOC2CCC3NNC(c4cccc(n4)CO1)C3C2. The molecule has 1 aliphatic carbocycles. The second kappa shape index (κ2) is 7.04. The summed E-state index contributed by atoms with van der Waals surface area (Å²) in [6, 6.07) is 6.54. The number of carbonyl (C=O) groups is 1. The molecule has 1 aromatic heterocycles. The molecule has 3 aliphatic rings. The zero-order valence-electron chi connectivity index (χ0n) is 13.7. The third kappa shape index (κ3) is 3.38. The molecule has 7 heteroatoms. The molecule has 4 unspecified atom stereocenters. The zero-order valence-corrected chi connectivity index (χ0v) is 13.7. The quantitative estimate of drug-likeness (QED) is 0.666. The molecule has 2 aliphatic heterocycles. The molecule has 1 saturated carbocycles.